The van der Waals surface area contributed by atoms with Gasteiger partial charge >= 0.3 is 5.97 Å². The van der Waals surface area contributed by atoms with Crippen molar-refractivity contribution in [2.75, 3.05) is 0 Å². The average molecular weight is 246 g/mol. The molecule has 3 nitrogen and oxygen atoms in total. The third kappa shape index (κ3) is 2.17. The summed E-state index contributed by atoms with van der Waals surface area (Å²) in [6.07, 6.45) is 1.96. The summed E-state index contributed by atoms with van der Waals surface area (Å²) in [5, 5.41) is 0. The third-order valence-electron chi connectivity index (χ3n) is 3.65. The Morgan fingerprint density at radius 2 is 2.06 bits per heavy atom. The summed E-state index contributed by atoms with van der Waals surface area (Å²) in [6.45, 7) is 5.64. The summed E-state index contributed by atoms with van der Waals surface area (Å²) in [5.41, 5.74) is 1.06. The molecule has 1 aliphatic rings. The normalized spacial score (nSPS) is 14.5. The fourth-order valence-corrected chi connectivity index (χ4v) is 1.94. The van der Waals surface area contributed by atoms with Crippen LogP contribution in [-0.4, -0.2) is 11.8 Å². The van der Waals surface area contributed by atoms with Crippen molar-refractivity contribution >= 4 is 11.8 Å². The first-order valence-electron chi connectivity index (χ1n) is 6.33. The number of hydrogen-bond donors (Lipinski definition) is 0. The molecule has 0 amide bonds. The molecule has 96 valence electrons. The molecule has 0 radical (unpaired) electrons. The lowest BCUT2D eigenvalue weighted by atomic mass is 9.90. The lowest BCUT2D eigenvalue weighted by Gasteiger charge is -2.20. The quantitative estimate of drug-likeness (QED) is 0.607. The first-order valence-corrected chi connectivity index (χ1v) is 6.33. The third-order valence-corrected chi connectivity index (χ3v) is 3.65. The van der Waals surface area contributed by atoms with Crippen molar-refractivity contribution in [1.82, 2.24) is 0 Å². The van der Waals surface area contributed by atoms with Gasteiger partial charge in [-0.1, -0.05) is 19.1 Å². The van der Waals surface area contributed by atoms with Crippen LogP contribution in [0.3, 0.4) is 0 Å². The number of ether oxygens (including phenoxy) is 1. The van der Waals surface area contributed by atoms with Crippen molar-refractivity contribution in [1.29, 1.82) is 0 Å². The van der Waals surface area contributed by atoms with E-state index >= 15 is 0 Å². The van der Waals surface area contributed by atoms with Crippen molar-refractivity contribution in [2.24, 2.45) is 5.41 Å². The molecule has 18 heavy (non-hydrogen) atoms. The Morgan fingerprint density at radius 1 is 1.33 bits per heavy atom. The van der Waals surface area contributed by atoms with E-state index in [4.69, 9.17) is 4.74 Å². The van der Waals surface area contributed by atoms with Gasteiger partial charge in [0.1, 0.15) is 5.75 Å². The van der Waals surface area contributed by atoms with Gasteiger partial charge in [-0.05, 0) is 38.3 Å². The number of fused-ring (bicyclic) bond motifs is 1. The van der Waals surface area contributed by atoms with E-state index in [1.807, 2.05) is 32.9 Å². The van der Waals surface area contributed by atoms with E-state index in [1.54, 1.807) is 6.07 Å². The van der Waals surface area contributed by atoms with Crippen LogP contribution >= 0.6 is 0 Å². The Morgan fingerprint density at radius 3 is 2.72 bits per heavy atom. The number of esters is 1. The monoisotopic (exact) mass is 246 g/mol. The molecule has 0 saturated heterocycles. The van der Waals surface area contributed by atoms with E-state index in [2.05, 4.69) is 0 Å². The first-order chi connectivity index (χ1) is 8.45. The number of ketones is 1. The van der Waals surface area contributed by atoms with Gasteiger partial charge in [0.15, 0.2) is 5.78 Å². The molecular formula is C15H18O3. The molecule has 0 spiro atoms. The highest BCUT2D eigenvalue weighted by atomic mass is 16.5. The van der Waals surface area contributed by atoms with Crippen molar-refractivity contribution in [2.45, 2.75) is 40.0 Å². The number of carbonyl (C=O) groups is 2. The van der Waals surface area contributed by atoms with E-state index in [1.165, 1.54) is 0 Å². The Bertz CT molecular complexity index is 500. The van der Waals surface area contributed by atoms with Crippen LogP contribution < -0.4 is 4.74 Å². The standard InChI is InChI=1S/C15H18O3/c1-4-15(2,3)14(17)18-12-7-5-6-10-8-9-11(16)13(10)12/h5-7H,4,8-9H2,1-3H3. The molecule has 1 aromatic rings. The van der Waals surface area contributed by atoms with Gasteiger partial charge in [-0.15, -0.1) is 0 Å². The molecule has 0 aromatic heterocycles. The van der Waals surface area contributed by atoms with E-state index in [0.717, 1.165) is 12.0 Å². The second-order valence-corrected chi connectivity index (χ2v) is 5.34. The zero-order valence-electron chi connectivity index (χ0n) is 11.1. The van der Waals surface area contributed by atoms with Crippen LogP contribution in [-0.2, 0) is 11.2 Å². The van der Waals surface area contributed by atoms with Gasteiger partial charge in [-0.25, -0.2) is 0 Å². The summed E-state index contributed by atoms with van der Waals surface area (Å²) in [4.78, 5) is 23.8. The minimum Gasteiger partial charge on any atom is -0.425 e. The number of benzene rings is 1. The number of rotatable bonds is 3. The molecule has 0 heterocycles. The number of Topliss-reactive ketones (excluding diaryl/α,β-unsaturated/α-hetero) is 1. The molecule has 0 atom stereocenters. The van der Waals surface area contributed by atoms with E-state index < -0.39 is 5.41 Å². The van der Waals surface area contributed by atoms with E-state index in [0.29, 0.717) is 24.2 Å². The molecule has 1 aromatic carbocycles. The van der Waals surface area contributed by atoms with Gasteiger partial charge in [0.05, 0.1) is 11.0 Å². The first kappa shape index (κ1) is 12.8. The number of carbonyl (C=O) groups excluding carboxylic acids is 2. The average Bonchev–Trinajstić information content (AvgIpc) is 2.72. The van der Waals surface area contributed by atoms with Gasteiger partial charge in [0, 0.05) is 6.42 Å². The number of hydrogen-bond acceptors (Lipinski definition) is 3. The Labute approximate surface area is 107 Å². The predicted molar refractivity (Wildman–Crippen MR) is 68.8 cm³/mol. The second-order valence-electron chi connectivity index (χ2n) is 5.34. The summed E-state index contributed by atoms with van der Waals surface area (Å²) in [7, 11) is 0. The van der Waals surface area contributed by atoms with Gasteiger partial charge < -0.3 is 4.74 Å². The fourth-order valence-electron chi connectivity index (χ4n) is 1.94. The summed E-state index contributed by atoms with van der Waals surface area (Å²) < 4.78 is 5.42. The van der Waals surface area contributed by atoms with Gasteiger partial charge in [-0.3, -0.25) is 9.59 Å². The molecule has 0 bridgehead atoms. The van der Waals surface area contributed by atoms with Gasteiger partial charge in [0.2, 0.25) is 0 Å². The predicted octanol–water partition coefficient (Wildman–Crippen LogP) is 3.16. The van der Waals surface area contributed by atoms with Gasteiger partial charge in [0.25, 0.3) is 0 Å². The van der Waals surface area contributed by atoms with Crippen LogP contribution in [0.25, 0.3) is 0 Å². The van der Waals surface area contributed by atoms with E-state index in [-0.39, 0.29) is 11.8 Å². The van der Waals surface area contributed by atoms with Crippen LogP contribution in [0, 0.1) is 5.41 Å². The minimum absolute atomic E-state index is 0.0719. The Kier molecular flexibility index (Phi) is 3.24. The van der Waals surface area contributed by atoms with Crippen LogP contribution in [0.15, 0.2) is 18.2 Å². The lowest BCUT2D eigenvalue weighted by Crippen LogP contribution is -2.28. The maximum Gasteiger partial charge on any atom is 0.316 e. The van der Waals surface area contributed by atoms with E-state index in [9.17, 15) is 9.59 Å². The highest BCUT2D eigenvalue weighted by Crippen LogP contribution is 2.32. The molecule has 2 rings (SSSR count). The smallest absolute Gasteiger partial charge is 0.316 e. The van der Waals surface area contributed by atoms with Crippen LogP contribution in [0.1, 0.15) is 49.5 Å². The molecule has 0 N–H and O–H groups in total. The molecule has 0 saturated carbocycles. The van der Waals surface area contributed by atoms with Crippen LogP contribution in [0.2, 0.25) is 0 Å². The fraction of sp³-hybridized carbons (Fsp3) is 0.467. The zero-order valence-corrected chi connectivity index (χ0v) is 11.1. The van der Waals surface area contributed by atoms with Crippen LogP contribution in [0.5, 0.6) is 5.75 Å². The van der Waals surface area contributed by atoms with Crippen molar-refractivity contribution in [3.05, 3.63) is 29.3 Å². The highest BCUT2D eigenvalue weighted by molar-refractivity contribution is 6.03. The van der Waals surface area contributed by atoms with Crippen molar-refractivity contribution in [3.8, 4) is 5.75 Å². The lowest BCUT2D eigenvalue weighted by molar-refractivity contribution is -0.144. The number of aryl methyl sites for hydroxylation is 1. The second kappa shape index (κ2) is 4.56. The SMILES string of the molecule is CCC(C)(C)C(=O)Oc1cccc2c1C(=O)CC2. The summed E-state index contributed by atoms with van der Waals surface area (Å²) in [6, 6.07) is 5.45. The topological polar surface area (TPSA) is 43.4 Å². The molecule has 0 aliphatic heterocycles. The molecule has 1 aliphatic carbocycles. The molecule has 0 fully saturated rings. The summed E-state index contributed by atoms with van der Waals surface area (Å²) in [5.74, 6) is 0.210. The Balaban J connectivity index is 2.29. The Hall–Kier alpha value is -1.64. The minimum atomic E-state index is -0.523. The maximum absolute atomic E-state index is 12.0. The van der Waals surface area contributed by atoms with Gasteiger partial charge in [-0.2, -0.15) is 0 Å². The molecular weight excluding hydrogens is 228 g/mol. The molecule has 3 heteroatoms. The molecule has 0 unspecified atom stereocenters. The largest absolute Gasteiger partial charge is 0.425 e. The van der Waals surface area contributed by atoms with Crippen molar-refractivity contribution < 1.29 is 14.3 Å². The van der Waals surface area contributed by atoms with Crippen LogP contribution in [0.4, 0.5) is 0 Å². The summed E-state index contributed by atoms with van der Waals surface area (Å²) >= 11 is 0. The van der Waals surface area contributed by atoms with Crippen molar-refractivity contribution in [3.63, 3.8) is 0 Å². The zero-order chi connectivity index (χ0) is 13.3. The maximum atomic E-state index is 12.0. The highest BCUT2D eigenvalue weighted by Gasteiger charge is 2.30.